The van der Waals surface area contributed by atoms with Gasteiger partial charge < -0.3 is 4.90 Å². The summed E-state index contributed by atoms with van der Waals surface area (Å²) >= 11 is 3.46. The monoisotopic (exact) mass is 275 g/mol. The first-order valence-electron chi connectivity index (χ1n) is 6.00. The first kappa shape index (κ1) is 13.0. The van der Waals surface area contributed by atoms with Crippen molar-refractivity contribution < 1.29 is 4.79 Å². The average molecular weight is 276 g/mol. The van der Waals surface area contributed by atoms with Crippen LogP contribution in [-0.4, -0.2) is 29.2 Å². The van der Waals surface area contributed by atoms with Gasteiger partial charge in [-0.05, 0) is 31.6 Å². The Labute approximate surface area is 102 Å². The predicted molar refractivity (Wildman–Crippen MR) is 67.2 cm³/mol. The van der Waals surface area contributed by atoms with Crippen LogP contribution >= 0.6 is 15.9 Å². The second-order valence-electron chi connectivity index (χ2n) is 4.74. The molecule has 1 rings (SSSR count). The molecule has 0 spiro atoms. The van der Waals surface area contributed by atoms with Crippen molar-refractivity contribution in [3.05, 3.63) is 0 Å². The molecule has 2 atom stereocenters. The molecular formula is C12H22BrNO. The van der Waals surface area contributed by atoms with E-state index in [1.807, 2.05) is 0 Å². The van der Waals surface area contributed by atoms with E-state index in [0.717, 1.165) is 37.2 Å². The van der Waals surface area contributed by atoms with Gasteiger partial charge in [0.15, 0.2) is 0 Å². The molecule has 0 bridgehead atoms. The highest BCUT2D eigenvalue weighted by atomic mass is 79.9. The molecule has 0 radical (unpaired) electrons. The maximum atomic E-state index is 11.8. The van der Waals surface area contributed by atoms with Crippen molar-refractivity contribution in [1.29, 1.82) is 0 Å². The Morgan fingerprint density at radius 2 is 2.27 bits per heavy atom. The fraction of sp³-hybridized carbons (Fsp3) is 0.917. The molecule has 15 heavy (non-hydrogen) atoms. The van der Waals surface area contributed by atoms with E-state index in [1.165, 1.54) is 12.8 Å². The van der Waals surface area contributed by atoms with E-state index >= 15 is 0 Å². The summed E-state index contributed by atoms with van der Waals surface area (Å²) in [7, 11) is 0. The summed E-state index contributed by atoms with van der Waals surface area (Å²) in [4.78, 5) is 13.9. The topological polar surface area (TPSA) is 20.3 Å². The zero-order valence-electron chi connectivity index (χ0n) is 9.84. The molecule has 1 aliphatic heterocycles. The molecule has 2 unspecified atom stereocenters. The van der Waals surface area contributed by atoms with E-state index in [9.17, 15) is 4.79 Å². The lowest BCUT2D eigenvalue weighted by atomic mass is 9.98. The van der Waals surface area contributed by atoms with Crippen molar-refractivity contribution in [2.24, 2.45) is 11.8 Å². The van der Waals surface area contributed by atoms with Crippen LogP contribution in [0.2, 0.25) is 0 Å². The summed E-state index contributed by atoms with van der Waals surface area (Å²) in [5, 5.41) is 1.07. The summed E-state index contributed by atoms with van der Waals surface area (Å²) in [6.45, 7) is 6.25. The second-order valence-corrected chi connectivity index (χ2v) is 5.53. The van der Waals surface area contributed by atoms with Crippen LogP contribution < -0.4 is 0 Å². The fourth-order valence-corrected chi connectivity index (χ4v) is 2.84. The SMILES string of the molecule is CC(CCBr)CCN1CCCC(C)C1=O. The lowest BCUT2D eigenvalue weighted by Gasteiger charge is -2.31. The Bertz CT molecular complexity index is 208. The smallest absolute Gasteiger partial charge is 0.225 e. The number of amides is 1. The van der Waals surface area contributed by atoms with Crippen molar-refractivity contribution in [3.63, 3.8) is 0 Å². The molecule has 0 saturated carbocycles. The lowest BCUT2D eigenvalue weighted by molar-refractivity contribution is -0.137. The number of nitrogens with zero attached hydrogens (tertiary/aromatic N) is 1. The van der Waals surface area contributed by atoms with Gasteiger partial charge in [-0.15, -0.1) is 0 Å². The Morgan fingerprint density at radius 3 is 2.93 bits per heavy atom. The molecule has 1 amide bonds. The second kappa shape index (κ2) is 6.51. The predicted octanol–water partition coefficient (Wildman–Crippen LogP) is 3.06. The van der Waals surface area contributed by atoms with Crippen LogP contribution in [0.4, 0.5) is 0 Å². The van der Waals surface area contributed by atoms with Gasteiger partial charge in [0.25, 0.3) is 0 Å². The van der Waals surface area contributed by atoms with Gasteiger partial charge in [-0.3, -0.25) is 4.79 Å². The quantitative estimate of drug-likeness (QED) is 0.707. The van der Waals surface area contributed by atoms with Crippen LogP contribution in [-0.2, 0) is 4.79 Å². The van der Waals surface area contributed by atoms with E-state index in [2.05, 4.69) is 34.7 Å². The van der Waals surface area contributed by atoms with E-state index in [0.29, 0.717) is 5.91 Å². The normalized spacial score (nSPS) is 24.3. The number of alkyl halides is 1. The molecule has 88 valence electrons. The molecule has 1 saturated heterocycles. The Hall–Kier alpha value is -0.0500. The fourth-order valence-electron chi connectivity index (χ4n) is 2.06. The van der Waals surface area contributed by atoms with Gasteiger partial charge in [-0.1, -0.05) is 29.8 Å². The molecule has 1 fully saturated rings. The van der Waals surface area contributed by atoms with Crippen LogP contribution in [0.15, 0.2) is 0 Å². The largest absolute Gasteiger partial charge is 0.342 e. The van der Waals surface area contributed by atoms with Crippen LogP contribution in [0.3, 0.4) is 0 Å². The molecule has 0 aromatic carbocycles. The van der Waals surface area contributed by atoms with Gasteiger partial charge in [-0.2, -0.15) is 0 Å². The van der Waals surface area contributed by atoms with Crippen LogP contribution in [0, 0.1) is 11.8 Å². The summed E-state index contributed by atoms with van der Waals surface area (Å²) < 4.78 is 0. The summed E-state index contributed by atoms with van der Waals surface area (Å²) in [6, 6.07) is 0. The summed E-state index contributed by atoms with van der Waals surface area (Å²) in [5.41, 5.74) is 0. The van der Waals surface area contributed by atoms with E-state index < -0.39 is 0 Å². The third-order valence-electron chi connectivity index (χ3n) is 3.29. The van der Waals surface area contributed by atoms with E-state index in [-0.39, 0.29) is 5.92 Å². The molecule has 1 heterocycles. The maximum Gasteiger partial charge on any atom is 0.225 e. The number of halogens is 1. The molecule has 2 nitrogen and oxygen atoms in total. The maximum absolute atomic E-state index is 11.8. The zero-order chi connectivity index (χ0) is 11.3. The number of rotatable bonds is 5. The minimum atomic E-state index is 0.255. The average Bonchev–Trinajstić information content (AvgIpc) is 2.21. The summed E-state index contributed by atoms with van der Waals surface area (Å²) in [5.74, 6) is 1.34. The standard InChI is InChI=1S/C12H22BrNO/c1-10(5-7-13)6-9-14-8-3-4-11(2)12(14)15/h10-11H,3-9H2,1-2H3. The van der Waals surface area contributed by atoms with Crippen LogP contribution in [0.5, 0.6) is 0 Å². The molecule has 1 aliphatic rings. The minimum absolute atomic E-state index is 0.255. The number of carbonyl (C=O) groups is 1. The van der Waals surface area contributed by atoms with Crippen molar-refractivity contribution in [3.8, 4) is 0 Å². The highest BCUT2D eigenvalue weighted by Crippen LogP contribution is 2.19. The zero-order valence-corrected chi connectivity index (χ0v) is 11.4. The van der Waals surface area contributed by atoms with Gasteiger partial charge in [-0.25, -0.2) is 0 Å². The number of piperidine rings is 1. The van der Waals surface area contributed by atoms with Crippen molar-refractivity contribution >= 4 is 21.8 Å². The first-order chi connectivity index (χ1) is 7.15. The highest BCUT2D eigenvalue weighted by Gasteiger charge is 2.24. The van der Waals surface area contributed by atoms with Gasteiger partial charge >= 0.3 is 0 Å². The number of hydrogen-bond acceptors (Lipinski definition) is 1. The van der Waals surface area contributed by atoms with Crippen LogP contribution in [0.1, 0.15) is 39.5 Å². The highest BCUT2D eigenvalue weighted by molar-refractivity contribution is 9.09. The Kier molecular flexibility index (Phi) is 5.65. The van der Waals surface area contributed by atoms with Gasteiger partial charge in [0, 0.05) is 24.3 Å². The first-order valence-corrected chi connectivity index (χ1v) is 7.12. The third kappa shape index (κ3) is 4.13. The molecule has 0 aromatic rings. The van der Waals surface area contributed by atoms with Gasteiger partial charge in [0.2, 0.25) is 5.91 Å². The lowest BCUT2D eigenvalue weighted by Crippen LogP contribution is -2.41. The van der Waals surface area contributed by atoms with Crippen LogP contribution in [0.25, 0.3) is 0 Å². The number of likely N-dealkylation sites (tertiary alicyclic amines) is 1. The molecule has 0 aliphatic carbocycles. The van der Waals surface area contributed by atoms with E-state index in [1.54, 1.807) is 0 Å². The van der Waals surface area contributed by atoms with Crippen molar-refractivity contribution in [1.82, 2.24) is 4.90 Å². The third-order valence-corrected chi connectivity index (χ3v) is 3.75. The molecule has 3 heteroatoms. The molecule has 0 N–H and O–H groups in total. The minimum Gasteiger partial charge on any atom is -0.342 e. The summed E-state index contributed by atoms with van der Waals surface area (Å²) in [6.07, 6.45) is 4.60. The molecule has 0 aromatic heterocycles. The number of carbonyl (C=O) groups excluding carboxylic acids is 1. The van der Waals surface area contributed by atoms with E-state index in [4.69, 9.17) is 0 Å². The molecular weight excluding hydrogens is 254 g/mol. The van der Waals surface area contributed by atoms with Gasteiger partial charge in [0.05, 0.1) is 0 Å². The Morgan fingerprint density at radius 1 is 1.53 bits per heavy atom. The number of hydrogen-bond donors (Lipinski definition) is 0. The Balaban J connectivity index is 2.28. The van der Waals surface area contributed by atoms with Crippen molar-refractivity contribution in [2.75, 3.05) is 18.4 Å². The van der Waals surface area contributed by atoms with Gasteiger partial charge in [0.1, 0.15) is 0 Å². The van der Waals surface area contributed by atoms with Crippen molar-refractivity contribution in [2.45, 2.75) is 39.5 Å².